The van der Waals surface area contributed by atoms with Gasteiger partial charge < -0.3 is 0 Å². The maximum absolute atomic E-state index is 12.3. The molecule has 1 heterocycles. The van der Waals surface area contributed by atoms with E-state index in [-0.39, 0.29) is 5.78 Å². The number of hydrogen-bond donors (Lipinski definition) is 0. The normalized spacial score (nSPS) is 10.5. The minimum Gasteiger partial charge on any atom is -0.287 e. The fourth-order valence-corrected chi connectivity index (χ4v) is 2.01. The van der Waals surface area contributed by atoms with Crippen LogP contribution >= 0.6 is 23.2 Å². The number of aryl methyl sites for hydroxylation is 1. The minimum absolute atomic E-state index is 0.170. The highest BCUT2D eigenvalue weighted by Crippen LogP contribution is 2.20. The first-order chi connectivity index (χ1) is 8.13. The first-order valence-corrected chi connectivity index (χ1v) is 5.90. The molecule has 0 aliphatic heterocycles. The molecule has 0 N–H and O–H groups in total. The first-order valence-electron chi connectivity index (χ1n) is 5.15. The topological polar surface area (TPSA) is 34.9 Å². The molecule has 1 aromatic carbocycles. The quantitative estimate of drug-likeness (QED) is 0.800. The van der Waals surface area contributed by atoms with Gasteiger partial charge in [-0.05, 0) is 19.1 Å². The third-order valence-corrected chi connectivity index (χ3v) is 2.91. The lowest BCUT2D eigenvalue weighted by molar-refractivity contribution is 0.102. The fraction of sp³-hybridized carbons (Fsp3) is 0.167. The van der Waals surface area contributed by atoms with Crippen molar-refractivity contribution < 1.29 is 4.79 Å². The molecule has 0 bridgehead atoms. The van der Waals surface area contributed by atoms with Crippen molar-refractivity contribution >= 4 is 29.0 Å². The van der Waals surface area contributed by atoms with Crippen LogP contribution in [-0.2, 0) is 6.54 Å². The number of nitrogens with zero attached hydrogens (tertiary/aromatic N) is 2. The van der Waals surface area contributed by atoms with Crippen molar-refractivity contribution in [1.29, 1.82) is 0 Å². The van der Waals surface area contributed by atoms with Gasteiger partial charge in [-0.15, -0.1) is 0 Å². The van der Waals surface area contributed by atoms with Gasteiger partial charge >= 0.3 is 0 Å². The molecule has 1 aromatic heterocycles. The maximum Gasteiger partial charge on any atom is 0.212 e. The summed E-state index contributed by atoms with van der Waals surface area (Å²) >= 11 is 11.8. The van der Waals surface area contributed by atoms with Crippen molar-refractivity contribution in [3.8, 4) is 0 Å². The van der Waals surface area contributed by atoms with Crippen molar-refractivity contribution in [2.75, 3.05) is 0 Å². The molecule has 2 aromatic rings. The third kappa shape index (κ3) is 2.35. The Morgan fingerprint density at radius 1 is 1.41 bits per heavy atom. The zero-order valence-corrected chi connectivity index (χ0v) is 10.7. The van der Waals surface area contributed by atoms with E-state index in [1.165, 1.54) is 6.20 Å². The second kappa shape index (κ2) is 4.90. The van der Waals surface area contributed by atoms with E-state index in [2.05, 4.69) is 5.10 Å². The largest absolute Gasteiger partial charge is 0.287 e. The highest BCUT2D eigenvalue weighted by Gasteiger charge is 2.18. The predicted octanol–water partition coefficient (Wildman–Crippen LogP) is 3.44. The Hall–Kier alpha value is -1.32. The fourth-order valence-electron chi connectivity index (χ4n) is 1.59. The summed E-state index contributed by atoms with van der Waals surface area (Å²) in [5, 5.41) is 4.92. The van der Waals surface area contributed by atoms with Crippen LogP contribution in [0.2, 0.25) is 10.0 Å². The molecule has 0 spiro atoms. The van der Waals surface area contributed by atoms with Gasteiger partial charge in [0.2, 0.25) is 5.78 Å². The van der Waals surface area contributed by atoms with Crippen LogP contribution in [0.15, 0.2) is 30.5 Å². The number of halogens is 2. The molecule has 0 saturated heterocycles. The maximum atomic E-state index is 12.3. The summed E-state index contributed by atoms with van der Waals surface area (Å²) in [5.74, 6) is -0.170. The Morgan fingerprint density at radius 2 is 2.18 bits per heavy atom. The number of rotatable bonds is 3. The molecule has 0 unspecified atom stereocenters. The molecule has 17 heavy (non-hydrogen) atoms. The Labute approximate surface area is 109 Å². The second-order valence-corrected chi connectivity index (χ2v) is 4.34. The van der Waals surface area contributed by atoms with Gasteiger partial charge in [0.15, 0.2) is 0 Å². The van der Waals surface area contributed by atoms with E-state index >= 15 is 0 Å². The smallest absolute Gasteiger partial charge is 0.212 e. The number of carbonyl (C=O) groups is 1. The Balaban J connectivity index is 2.47. The molecule has 0 atom stereocenters. The third-order valence-electron chi connectivity index (χ3n) is 2.40. The highest BCUT2D eigenvalue weighted by atomic mass is 35.5. The summed E-state index contributed by atoms with van der Waals surface area (Å²) in [6.45, 7) is 2.49. The van der Waals surface area contributed by atoms with Crippen LogP contribution in [0, 0.1) is 0 Å². The van der Waals surface area contributed by atoms with E-state index < -0.39 is 0 Å². The summed E-state index contributed by atoms with van der Waals surface area (Å²) in [6.07, 6.45) is 1.48. The van der Waals surface area contributed by atoms with Crippen LogP contribution in [0.1, 0.15) is 23.0 Å². The van der Waals surface area contributed by atoms with Gasteiger partial charge in [-0.2, -0.15) is 5.10 Å². The van der Waals surface area contributed by atoms with Gasteiger partial charge in [0, 0.05) is 17.1 Å². The summed E-state index contributed by atoms with van der Waals surface area (Å²) in [4.78, 5) is 12.3. The van der Waals surface area contributed by atoms with Gasteiger partial charge in [-0.3, -0.25) is 9.48 Å². The number of ketones is 1. The molecule has 5 heteroatoms. The molecule has 2 rings (SSSR count). The van der Waals surface area contributed by atoms with E-state index in [0.29, 0.717) is 27.8 Å². The lowest BCUT2D eigenvalue weighted by Crippen LogP contribution is -2.11. The summed E-state index contributed by atoms with van der Waals surface area (Å²) in [5.41, 5.74) is 0.908. The SMILES string of the molecule is CCn1ncc(Cl)c1C(=O)c1cccc(Cl)c1. The number of hydrogen-bond acceptors (Lipinski definition) is 2. The van der Waals surface area contributed by atoms with Gasteiger partial charge in [0.1, 0.15) is 5.69 Å². The summed E-state index contributed by atoms with van der Waals surface area (Å²) in [7, 11) is 0. The van der Waals surface area contributed by atoms with Crippen molar-refractivity contribution in [1.82, 2.24) is 9.78 Å². The van der Waals surface area contributed by atoms with Crippen LogP contribution in [0.5, 0.6) is 0 Å². The predicted molar refractivity (Wildman–Crippen MR) is 67.8 cm³/mol. The van der Waals surface area contributed by atoms with Gasteiger partial charge in [0.25, 0.3) is 0 Å². The number of carbonyl (C=O) groups excluding carboxylic acids is 1. The van der Waals surface area contributed by atoms with Crippen LogP contribution in [-0.4, -0.2) is 15.6 Å². The van der Waals surface area contributed by atoms with Crippen LogP contribution in [0.25, 0.3) is 0 Å². The molecule has 0 aliphatic carbocycles. The Kier molecular flexibility index (Phi) is 3.50. The molecule has 0 saturated carbocycles. The van der Waals surface area contributed by atoms with Crippen molar-refractivity contribution in [2.24, 2.45) is 0 Å². The lowest BCUT2D eigenvalue weighted by atomic mass is 10.1. The average Bonchev–Trinajstić information content (AvgIpc) is 2.69. The van der Waals surface area contributed by atoms with E-state index in [4.69, 9.17) is 23.2 Å². The van der Waals surface area contributed by atoms with Crippen molar-refractivity contribution in [3.05, 3.63) is 51.8 Å². The standard InChI is InChI=1S/C12H10Cl2N2O/c1-2-16-11(10(14)7-15-16)12(17)8-4-3-5-9(13)6-8/h3-7H,2H2,1H3. The van der Waals surface area contributed by atoms with Gasteiger partial charge in [-0.1, -0.05) is 35.3 Å². The molecule has 0 aliphatic rings. The molecule has 0 radical (unpaired) electrons. The lowest BCUT2D eigenvalue weighted by Gasteiger charge is -2.05. The molecular weight excluding hydrogens is 259 g/mol. The van der Waals surface area contributed by atoms with Crippen molar-refractivity contribution in [3.63, 3.8) is 0 Å². The average molecular weight is 269 g/mol. The molecule has 3 nitrogen and oxygen atoms in total. The van der Waals surface area contributed by atoms with E-state index in [1.807, 2.05) is 6.92 Å². The van der Waals surface area contributed by atoms with Gasteiger partial charge in [-0.25, -0.2) is 0 Å². The summed E-state index contributed by atoms with van der Waals surface area (Å²) in [6, 6.07) is 6.78. The van der Waals surface area contributed by atoms with Crippen molar-refractivity contribution in [2.45, 2.75) is 13.5 Å². The zero-order chi connectivity index (χ0) is 12.4. The number of benzene rings is 1. The second-order valence-electron chi connectivity index (χ2n) is 3.50. The molecule has 0 amide bonds. The Morgan fingerprint density at radius 3 is 2.82 bits per heavy atom. The van der Waals surface area contributed by atoms with E-state index in [0.717, 1.165) is 0 Å². The molecular formula is C12H10Cl2N2O. The highest BCUT2D eigenvalue weighted by molar-refractivity contribution is 6.35. The first kappa shape index (κ1) is 12.1. The van der Waals surface area contributed by atoms with E-state index in [9.17, 15) is 4.79 Å². The number of aromatic nitrogens is 2. The monoisotopic (exact) mass is 268 g/mol. The van der Waals surface area contributed by atoms with Crippen LogP contribution in [0.4, 0.5) is 0 Å². The van der Waals surface area contributed by atoms with Gasteiger partial charge in [0.05, 0.1) is 11.2 Å². The molecule has 0 fully saturated rings. The Bertz CT molecular complexity index is 563. The minimum atomic E-state index is -0.170. The van der Waals surface area contributed by atoms with Crippen LogP contribution in [0.3, 0.4) is 0 Å². The van der Waals surface area contributed by atoms with E-state index in [1.54, 1.807) is 28.9 Å². The van der Waals surface area contributed by atoms with Crippen LogP contribution < -0.4 is 0 Å². The zero-order valence-electron chi connectivity index (χ0n) is 9.15. The molecule has 88 valence electrons. The summed E-state index contributed by atoms with van der Waals surface area (Å²) < 4.78 is 1.57.